The summed E-state index contributed by atoms with van der Waals surface area (Å²) < 4.78 is 4.52. The third-order valence-electron chi connectivity index (χ3n) is 2.06. The standard InChI is InChI=1S/C8H16N2O2/c1-12-8(11)6-10-7-3-2-4-9-5-7/h7,9-10H,2-6H2,1H3. The summed E-state index contributed by atoms with van der Waals surface area (Å²) in [4.78, 5) is 10.7. The average molecular weight is 172 g/mol. The Morgan fingerprint density at radius 1 is 1.75 bits per heavy atom. The molecule has 1 aliphatic heterocycles. The van der Waals surface area contributed by atoms with E-state index in [9.17, 15) is 4.79 Å². The summed E-state index contributed by atoms with van der Waals surface area (Å²) in [5.41, 5.74) is 0. The highest BCUT2D eigenvalue weighted by atomic mass is 16.5. The van der Waals surface area contributed by atoms with Crippen LogP contribution in [0.1, 0.15) is 12.8 Å². The molecule has 4 heteroatoms. The molecule has 0 aliphatic carbocycles. The molecular weight excluding hydrogens is 156 g/mol. The van der Waals surface area contributed by atoms with Crippen molar-refractivity contribution in [3.63, 3.8) is 0 Å². The number of esters is 1. The summed E-state index contributed by atoms with van der Waals surface area (Å²) in [5, 5.41) is 6.40. The molecule has 4 nitrogen and oxygen atoms in total. The van der Waals surface area contributed by atoms with E-state index in [2.05, 4.69) is 15.4 Å². The number of ether oxygens (including phenoxy) is 1. The Morgan fingerprint density at radius 3 is 3.17 bits per heavy atom. The van der Waals surface area contributed by atoms with Crippen LogP contribution in [0.4, 0.5) is 0 Å². The summed E-state index contributed by atoms with van der Waals surface area (Å²) in [6.07, 6.45) is 2.32. The summed E-state index contributed by atoms with van der Waals surface area (Å²) in [6, 6.07) is 0.429. The fourth-order valence-electron chi connectivity index (χ4n) is 1.33. The van der Waals surface area contributed by atoms with Crippen LogP contribution in [-0.2, 0) is 9.53 Å². The van der Waals surface area contributed by atoms with E-state index in [-0.39, 0.29) is 5.97 Å². The maximum atomic E-state index is 10.7. The normalized spacial score (nSPS) is 23.6. The predicted molar refractivity (Wildman–Crippen MR) is 45.9 cm³/mol. The Bertz CT molecular complexity index is 144. The van der Waals surface area contributed by atoms with Gasteiger partial charge in [-0.2, -0.15) is 0 Å². The molecule has 0 radical (unpaired) electrons. The Labute approximate surface area is 72.7 Å². The van der Waals surface area contributed by atoms with Gasteiger partial charge in [-0.3, -0.25) is 4.79 Å². The van der Waals surface area contributed by atoms with Gasteiger partial charge >= 0.3 is 5.97 Å². The van der Waals surface area contributed by atoms with E-state index in [0.717, 1.165) is 19.5 Å². The van der Waals surface area contributed by atoms with Crippen molar-refractivity contribution in [1.82, 2.24) is 10.6 Å². The zero-order chi connectivity index (χ0) is 8.81. The van der Waals surface area contributed by atoms with Crippen molar-refractivity contribution in [3.8, 4) is 0 Å². The second-order valence-corrected chi connectivity index (χ2v) is 3.00. The summed E-state index contributed by atoms with van der Waals surface area (Å²) >= 11 is 0. The minimum atomic E-state index is -0.194. The molecule has 1 saturated heterocycles. The van der Waals surface area contributed by atoms with Gasteiger partial charge in [0.15, 0.2) is 0 Å². The molecule has 0 aromatic heterocycles. The highest BCUT2D eigenvalue weighted by Crippen LogP contribution is 2.00. The molecule has 1 atom stereocenters. The van der Waals surface area contributed by atoms with Gasteiger partial charge in [-0.1, -0.05) is 0 Å². The quantitative estimate of drug-likeness (QED) is 0.564. The lowest BCUT2D eigenvalue weighted by atomic mass is 10.1. The summed E-state index contributed by atoms with van der Waals surface area (Å²) in [7, 11) is 1.41. The van der Waals surface area contributed by atoms with E-state index in [0.29, 0.717) is 12.6 Å². The molecule has 0 aromatic carbocycles. The minimum absolute atomic E-state index is 0.194. The maximum absolute atomic E-state index is 10.7. The van der Waals surface area contributed by atoms with Gasteiger partial charge in [0.25, 0.3) is 0 Å². The molecule has 1 rings (SSSR count). The van der Waals surface area contributed by atoms with Gasteiger partial charge < -0.3 is 15.4 Å². The molecule has 2 N–H and O–H groups in total. The van der Waals surface area contributed by atoms with Crippen LogP contribution in [0, 0.1) is 0 Å². The first-order valence-electron chi connectivity index (χ1n) is 4.34. The highest BCUT2D eigenvalue weighted by molar-refractivity contribution is 5.71. The Kier molecular flexibility index (Phi) is 4.04. The second kappa shape index (κ2) is 5.11. The largest absolute Gasteiger partial charge is 0.468 e. The second-order valence-electron chi connectivity index (χ2n) is 3.00. The van der Waals surface area contributed by atoms with Crippen LogP contribution < -0.4 is 10.6 Å². The molecule has 12 heavy (non-hydrogen) atoms. The lowest BCUT2D eigenvalue weighted by Crippen LogP contribution is -2.44. The third kappa shape index (κ3) is 3.19. The number of piperidine rings is 1. The van der Waals surface area contributed by atoms with Crippen molar-refractivity contribution >= 4 is 5.97 Å². The number of hydrogen-bond acceptors (Lipinski definition) is 4. The summed E-state index contributed by atoms with van der Waals surface area (Å²) in [5.74, 6) is -0.194. The van der Waals surface area contributed by atoms with Crippen molar-refractivity contribution in [2.24, 2.45) is 0 Å². The molecule has 0 aromatic rings. The van der Waals surface area contributed by atoms with E-state index in [1.165, 1.54) is 13.5 Å². The fraction of sp³-hybridized carbons (Fsp3) is 0.875. The predicted octanol–water partition coefficient (Wildman–Crippen LogP) is -0.499. The molecule has 0 spiro atoms. The van der Waals surface area contributed by atoms with E-state index in [1.54, 1.807) is 0 Å². The topological polar surface area (TPSA) is 50.4 Å². The van der Waals surface area contributed by atoms with Crippen molar-refractivity contribution in [2.45, 2.75) is 18.9 Å². The first-order chi connectivity index (χ1) is 5.83. The first-order valence-corrected chi connectivity index (χ1v) is 4.34. The first kappa shape index (κ1) is 9.48. The molecular formula is C8H16N2O2. The van der Waals surface area contributed by atoms with Crippen LogP contribution in [0.2, 0.25) is 0 Å². The monoisotopic (exact) mass is 172 g/mol. The van der Waals surface area contributed by atoms with Crippen molar-refractivity contribution in [2.75, 3.05) is 26.7 Å². The molecule has 70 valence electrons. The molecule has 1 fully saturated rings. The SMILES string of the molecule is COC(=O)CNC1CCCNC1. The van der Waals surface area contributed by atoms with Gasteiger partial charge in [-0.05, 0) is 19.4 Å². The molecule has 0 bridgehead atoms. The van der Waals surface area contributed by atoms with Crippen LogP contribution in [0.5, 0.6) is 0 Å². The Balaban J connectivity index is 2.09. The summed E-state index contributed by atoms with van der Waals surface area (Å²) in [6.45, 7) is 2.37. The number of carbonyl (C=O) groups excluding carboxylic acids is 1. The van der Waals surface area contributed by atoms with E-state index < -0.39 is 0 Å². The number of rotatable bonds is 3. The van der Waals surface area contributed by atoms with E-state index >= 15 is 0 Å². The highest BCUT2D eigenvalue weighted by Gasteiger charge is 2.12. The van der Waals surface area contributed by atoms with Crippen LogP contribution in [0.15, 0.2) is 0 Å². The van der Waals surface area contributed by atoms with E-state index in [4.69, 9.17) is 0 Å². The molecule has 1 heterocycles. The van der Waals surface area contributed by atoms with Gasteiger partial charge in [-0.15, -0.1) is 0 Å². The lowest BCUT2D eigenvalue weighted by molar-refractivity contribution is -0.139. The number of methoxy groups -OCH3 is 1. The maximum Gasteiger partial charge on any atom is 0.319 e. The third-order valence-corrected chi connectivity index (χ3v) is 2.06. The molecule has 1 unspecified atom stereocenters. The van der Waals surface area contributed by atoms with E-state index in [1.807, 2.05) is 0 Å². The van der Waals surface area contributed by atoms with Crippen molar-refractivity contribution in [3.05, 3.63) is 0 Å². The van der Waals surface area contributed by atoms with Gasteiger partial charge in [-0.25, -0.2) is 0 Å². The molecule has 0 saturated carbocycles. The van der Waals surface area contributed by atoms with Gasteiger partial charge in [0.2, 0.25) is 0 Å². The Hall–Kier alpha value is -0.610. The van der Waals surface area contributed by atoms with Crippen molar-refractivity contribution < 1.29 is 9.53 Å². The number of carbonyl (C=O) groups is 1. The van der Waals surface area contributed by atoms with Crippen LogP contribution in [-0.4, -0.2) is 38.8 Å². The molecule has 1 aliphatic rings. The smallest absolute Gasteiger partial charge is 0.319 e. The fourth-order valence-corrected chi connectivity index (χ4v) is 1.33. The average Bonchev–Trinajstić information content (AvgIpc) is 2.16. The zero-order valence-corrected chi connectivity index (χ0v) is 7.43. The number of hydrogen-bond donors (Lipinski definition) is 2. The Morgan fingerprint density at radius 2 is 2.58 bits per heavy atom. The molecule has 0 amide bonds. The van der Waals surface area contributed by atoms with Crippen LogP contribution in [0.25, 0.3) is 0 Å². The van der Waals surface area contributed by atoms with Crippen molar-refractivity contribution in [1.29, 1.82) is 0 Å². The number of nitrogens with one attached hydrogen (secondary N) is 2. The zero-order valence-electron chi connectivity index (χ0n) is 7.43. The van der Waals surface area contributed by atoms with Gasteiger partial charge in [0.05, 0.1) is 13.7 Å². The van der Waals surface area contributed by atoms with Gasteiger partial charge in [0.1, 0.15) is 0 Å². The van der Waals surface area contributed by atoms with Crippen LogP contribution in [0.3, 0.4) is 0 Å². The lowest BCUT2D eigenvalue weighted by Gasteiger charge is -2.23. The van der Waals surface area contributed by atoms with Gasteiger partial charge in [0, 0.05) is 12.6 Å². The minimum Gasteiger partial charge on any atom is -0.468 e. The van der Waals surface area contributed by atoms with Crippen LogP contribution >= 0.6 is 0 Å².